The minimum Gasteiger partial charge on any atom is -0.477 e. The predicted molar refractivity (Wildman–Crippen MR) is 105 cm³/mol. The SMILES string of the molecule is Cc1c(I)ccnc1OCCCN(C=O)Cc1cc(C(F)(F)F)cc(C(F)(F)F)c1. The van der Waals surface area contributed by atoms with Gasteiger partial charge in [-0.25, -0.2) is 4.98 Å². The van der Waals surface area contributed by atoms with Gasteiger partial charge in [0.05, 0.1) is 17.7 Å². The molecule has 0 atom stereocenters. The lowest BCUT2D eigenvalue weighted by Gasteiger charge is -2.20. The quantitative estimate of drug-likeness (QED) is 0.191. The third-order valence-corrected chi connectivity index (χ3v) is 5.27. The Balaban J connectivity index is 2.04. The minimum atomic E-state index is -4.94. The van der Waals surface area contributed by atoms with E-state index in [0.29, 0.717) is 30.8 Å². The number of carbonyl (C=O) groups is 1. The molecule has 0 radical (unpaired) electrons. The van der Waals surface area contributed by atoms with E-state index in [1.165, 1.54) is 0 Å². The maximum absolute atomic E-state index is 13.0. The van der Waals surface area contributed by atoms with Crippen LogP contribution < -0.4 is 4.74 Å². The molecule has 1 aromatic heterocycles. The van der Waals surface area contributed by atoms with Crippen LogP contribution in [0.15, 0.2) is 30.5 Å². The van der Waals surface area contributed by atoms with Gasteiger partial charge in [0, 0.05) is 28.4 Å². The normalized spacial score (nSPS) is 12.0. The van der Waals surface area contributed by atoms with Crippen LogP contribution >= 0.6 is 22.6 Å². The van der Waals surface area contributed by atoms with E-state index in [4.69, 9.17) is 4.74 Å². The molecule has 0 saturated carbocycles. The lowest BCUT2D eigenvalue weighted by Crippen LogP contribution is -2.24. The van der Waals surface area contributed by atoms with Crippen molar-refractivity contribution in [2.75, 3.05) is 13.2 Å². The summed E-state index contributed by atoms with van der Waals surface area (Å²) in [6.45, 7) is 1.70. The van der Waals surface area contributed by atoms with E-state index in [0.717, 1.165) is 14.0 Å². The van der Waals surface area contributed by atoms with E-state index in [2.05, 4.69) is 27.6 Å². The van der Waals surface area contributed by atoms with Crippen molar-refractivity contribution >= 4 is 29.0 Å². The number of hydrogen-bond acceptors (Lipinski definition) is 3. The van der Waals surface area contributed by atoms with Gasteiger partial charge in [-0.15, -0.1) is 0 Å². The number of halogens is 7. The van der Waals surface area contributed by atoms with Crippen molar-refractivity contribution in [2.24, 2.45) is 0 Å². The van der Waals surface area contributed by atoms with Crippen molar-refractivity contribution in [3.05, 3.63) is 56.3 Å². The van der Waals surface area contributed by atoms with Gasteiger partial charge in [0.1, 0.15) is 0 Å². The summed E-state index contributed by atoms with van der Waals surface area (Å²) >= 11 is 2.12. The van der Waals surface area contributed by atoms with Gasteiger partial charge in [-0.3, -0.25) is 4.79 Å². The van der Waals surface area contributed by atoms with Gasteiger partial charge in [0.2, 0.25) is 12.3 Å². The zero-order chi connectivity index (χ0) is 22.5. The van der Waals surface area contributed by atoms with Crippen molar-refractivity contribution < 1.29 is 35.9 Å². The second kappa shape index (κ2) is 9.84. The Morgan fingerprint density at radius 3 is 2.23 bits per heavy atom. The molecule has 1 aromatic carbocycles. The van der Waals surface area contributed by atoms with Crippen LogP contribution in [-0.4, -0.2) is 29.4 Å². The van der Waals surface area contributed by atoms with Gasteiger partial charge in [-0.2, -0.15) is 26.3 Å². The van der Waals surface area contributed by atoms with Crippen LogP contribution in [0.1, 0.15) is 28.7 Å². The van der Waals surface area contributed by atoms with Gasteiger partial charge in [-0.1, -0.05) is 0 Å². The Morgan fingerprint density at radius 1 is 1.10 bits per heavy atom. The summed E-state index contributed by atoms with van der Waals surface area (Å²) in [5, 5.41) is 0. The molecule has 0 fully saturated rings. The van der Waals surface area contributed by atoms with Crippen LogP contribution in [0.3, 0.4) is 0 Å². The fourth-order valence-corrected chi connectivity index (χ4v) is 2.98. The smallest absolute Gasteiger partial charge is 0.416 e. The van der Waals surface area contributed by atoms with Crippen LogP contribution in [0.25, 0.3) is 0 Å². The van der Waals surface area contributed by atoms with E-state index in [1.54, 1.807) is 12.3 Å². The van der Waals surface area contributed by atoms with E-state index in [-0.39, 0.29) is 24.8 Å². The zero-order valence-corrected chi connectivity index (χ0v) is 17.8. The number of pyridine rings is 1. The number of aromatic nitrogens is 1. The molecule has 2 rings (SSSR count). The molecule has 0 aliphatic heterocycles. The summed E-state index contributed by atoms with van der Waals surface area (Å²) in [5.41, 5.74) is -2.25. The molecule has 0 aliphatic carbocycles. The van der Waals surface area contributed by atoms with Crippen molar-refractivity contribution in [1.82, 2.24) is 9.88 Å². The first-order valence-electron chi connectivity index (χ1n) is 8.63. The first-order valence-corrected chi connectivity index (χ1v) is 9.71. The van der Waals surface area contributed by atoms with Crippen molar-refractivity contribution in [3.8, 4) is 5.88 Å². The Bertz CT molecular complexity index is 854. The number of alkyl halides is 6. The molecule has 0 N–H and O–H groups in total. The molecule has 0 saturated heterocycles. The lowest BCUT2D eigenvalue weighted by molar-refractivity contribution is -0.143. The third-order valence-electron chi connectivity index (χ3n) is 4.10. The highest BCUT2D eigenvalue weighted by atomic mass is 127. The number of amides is 1. The minimum absolute atomic E-state index is 0.0547. The number of carbonyl (C=O) groups excluding carboxylic acids is 1. The van der Waals surface area contributed by atoms with Gasteiger partial charge < -0.3 is 9.64 Å². The number of hydrogen-bond donors (Lipinski definition) is 0. The lowest BCUT2D eigenvalue weighted by atomic mass is 10.0. The van der Waals surface area contributed by atoms with Crippen molar-refractivity contribution in [1.29, 1.82) is 0 Å². The number of nitrogens with zero attached hydrogens (tertiary/aromatic N) is 2. The Morgan fingerprint density at radius 2 is 1.70 bits per heavy atom. The highest BCUT2D eigenvalue weighted by Gasteiger charge is 2.36. The Labute approximate surface area is 182 Å². The third kappa shape index (κ3) is 6.74. The van der Waals surface area contributed by atoms with E-state index in [1.807, 2.05) is 6.92 Å². The highest BCUT2D eigenvalue weighted by molar-refractivity contribution is 14.1. The van der Waals surface area contributed by atoms with Gasteiger partial charge in [0.25, 0.3) is 0 Å². The fourth-order valence-electron chi connectivity index (χ4n) is 2.59. The molecule has 0 aliphatic rings. The molecule has 30 heavy (non-hydrogen) atoms. The topological polar surface area (TPSA) is 42.4 Å². The first-order chi connectivity index (χ1) is 13.9. The Hall–Kier alpha value is -2.05. The molecular formula is C19H17F6IN2O2. The maximum atomic E-state index is 13.0. The van der Waals surface area contributed by atoms with E-state index < -0.39 is 30.0 Å². The number of ether oxygens (including phenoxy) is 1. The van der Waals surface area contributed by atoms with Gasteiger partial charge in [0.15, 0.2) is 0 Å². The molecule has 1 amide bonds. The van der Waals surface area contributed by atoms with Crippen molar-refractivity contribution in [2.45, 2.75) is 32.2 Å². The first kappa shape index (κ1) is 24.2. The van der Waals surface area contributed by atoms with Crippen LogP contribution in [0.4, 0.5) is 26.3 Å². The fraction of sp³-hybridized carbons (Fsp3) is 0.368. The summed E-state index contributed by atoms with van der Waals surface area (Å²) < 4.78 is 84.2. The molecule has 0 bridgehead atoms. The molecule has 4 nitrogen and oxygen atoms in total. The van der Waals surface area contributed by atoms with Gasteiger partial charge in [-0.05, 0) is 65.8 Å². The molecule has 1 heterocycles. The van der Waals surface area contributed by atoms with E-state index >= 15 is 0 Å². The summed E-state index contributed by atoms with van der Waals surface area (Å²) in [6.07, 6.45) is -7.60. The largest absolute Gasteiger partial charge is 0.477 e. The Kier molecular flexibility index (Phi) is 7.94. The van der Waals surface area contributed by atoms with Crippen LogP contribution in [0, 0.1) is 10.5 Å². The number of rotatable bonds is 8. The summed E-state index contributed by atoms with van der Waals surface area (Å²) in [7, 11) is 0. The standard InChI is InChI=1S/C19H17F6IN2O2/c1-12-16(26)3-4-27-17(12)30-6-2-5-28(11-29)10-13-7-14(18(20,21)22)9-15(8-13)19(23,24)25/h3-4,7-9,11H,2,5-6,10H2,1H3. The molecule has 11 heteroatoms. The monoisotopic (exact) mass is 546 g/mol. The molecule has 164 valence electrons. The second-order valence-electron chi connectivity index (χ2n) is 6.41. The maximum Gasteiger partial charge on any atom is 0.416 e. The number of benzene rings is 1. The molecule has 2 aromatic rings. The summed E-state index contributed by atoms with van der Waals surface area (Å²) in [5.74, 6) is 0.423. The van der Waals surface area contributed by atoms with Gasteiger partial charge >= 0.3 is 12.4 Å². The second-order valence-corrected chi connectivity index (χ2v) is 7.58. The zero-order valence-electron chi connectivity index (χ0n) is 15.6. The molecular weight excluding hydrogens is 529 g/mol. The predicted octanol–water partition coefficient (Wildman–Crippen LogP) is 5.46. The summed E-state index contributed by atoms with van der Waals surface area (Å²) in [4.78, 5) is 16.4. The summed E-state index contributed by atoms with van der Waals surface area (Å²) in [6, 6.07) is 3.09. The average molecular weight is 546 g/mol. The molecule has 0 spiro atoms. The highest BCUT2D eigenvalue weighted by Crippen LogP contribution is 2.36. The van der Waals surface area contributed by atoms with E-state index in [9.17, 15) is 31.1 Å². The van der Waals surface area contributed by atoms with Crippen LogP contribution in [-0.2, 0) is 23.7 Å². The van der Waals surface area contributed by atoms with Crippen LogP contribution in [0.2, 0.25) is 0 Å². The van der Waals surface area contributed by atoms with Crippen molar-refractivity contribution in [3.63, 3.8) is 0 Å². The molecule has 0 unspecified atom stereocenters. The average Bonchev–Trinajstić information content (AvgIpc) is 2.65. The van der Waals surface area contributed by atoms with Crippen LogP contribution in [0.5, 0.6) is 5.88 Å².